The first kappa shape index (κ1) is 23.6. The number of nitrogens with zero attached hydrogens (tertiary/aromatic N) is 2. The molecule has 1 unspecified atom stereocenters. The van der Waals surface area contributed by atoms with E-state index >= 15 is 0 Å². The van der Waals surface area contributed by atoms with Gasteiger partial charge in [0.1, 0.15) is 5.75 Å². The number of hydrogen-bond acceptors (Lipinski definition) is 4. The Morgan fingerprint density at radius 1 is 1.21 bits per heavy atom. The van der Waals surface area contributed by atoms with Crippen LogP contribution < -0.4 is 4.74 Å². The van der Waals surface area contributed by atoms with Crippen molar-refractivity contribution in [1.29, 1.82) is 0 Å². The highest BCUT2D eigenvalue weighted by Gasteiger charge is 2.36. The van der Waals surface area contributed by atoms with E-state index in [0.29, 0.717) is 19.6 Å². The van der Waals surface area contributed by atoms with Crippen molar-refractivity contribution in [2.45, 2.75) is 77.7 Å². The van der Waals surface area contributed by atoms with Crippen LogP contribution in [0.4, 0.5) is 0 Å². The maximum absolute atomic E-state index is 10.7. The highest BCUT2D eigenvalue weighted by atomic mass is 28.4. The molecule has 0 aliphatic carbocycles. The van der Waals surface area contributed by atoms with Gasteiger partial charge in [0.2, 0.25) is 0 Å². The number of rotatable bonds is 10. The summed E-state index contributed by atoms with van der Waals surface area (Å²) in [5.74, 6) is 0.884. The highest BCUT2D eigenvalue weighted by molar-refractivity contribution is 6.74. The van der Waals surface area contributed by atoms with Crippen molar-refractivity contribution in [3.8, 4) is 5.75 Å². The van der Waals surface area contributed by atoms with Gasteiger partial charge in [0, 0.05) is 6.20 Å². The normalized spacial score (nSPS) is 13.5. The second-order valence-electron chi connectivity index (χ2n) is 9.29. The van der Waals surface area contributed by atoms with Crippen LogP contribution in [0.5, 0.6) is 5.75 Å². The molecule has 2 rings (SSSR count). The van der Waals surface area contributed by atoms with Crippen molar-refractivity contribution >= 4 is 8.32 Å². The van der Waals surface area contributed by atoms with Crippen LogP contribution in [-0.4, -0.2) is 36.9 Å². The number of methoxy groups -OCH3 is 1. The van der Waals surface area contributed by atoms with Crippen LogP contribution in [0.3, 0.4) is 0 Å². The zero-order valence-electron chi connectivity index (χ0n) is 19.2. The second kappa shape index (κ2) is 9.91. The zero-order valence-corrected chi connectivity index (χ0v) is 20.2. The number of ether oxygens (including phenoxy) is 1. The SMILES string of the molecule is COc1ccc(CCCC(O)c2ccnn2CCO[Si](C)(C)C(C)(C)C)c(C)c1. The van der Waals surface area contributed by atoms with Gasteiger partial charge in [-0.1, -0.05) is 26.8 Å². The summed E-state index contributed by atoms with van der Waals surface area (Å²) in [6.07, 6.45) is 3.82. The number of aryl methyl sites for hydroxylation is 2. The van der Waals surface area contributed by atoms with Gasteiger partial charge in [-0.3, -0.25) is 4.68 Å². The molecule has 0 bridgehead atoms. The molecule has 0 saturated heterocycles. The topological polar surface area (TPSA) is 56.5 Å². The third kappa shape index (κ3) is 6.42. The molecular formula is C23H38N2O3Si. The zero-order chi connectivity index (χ0) is 21.7. The summed E-state index contributed by atoms with van der Waals surface area (Å²) in [5, 5.41) is 15.3. The first-order valence-corrected chi connectivity index (χ1v) is 13.4. The molecule has 1 aromatic carbocycles. The van der Waals surface area contributed by atoms with Gasteiger partial charge in [-0.05, 0) is 73.6 Å². The molecule has 5 nitrogen and oxygen atoms in total. The molecule has 29 heavy (non-hydrogen) atoms. The van der Waals surface area contributed by atoms with Gasteiger partial charge in [0.05, 0.1) is 32.1 Å². The van der Waals surface area contributed by atoms with Crippen LogP contribution in [0.2, 0.25) is 18.1 Å². The minimum Gasteiger partial charge on any atom is -0.497 e. The second-order valence-corrected chi connectivity index (χ2v) is 14.1. The summed E-state index contributed by atoms with van der Waals surface area (Å²) in [5.41, 5.74) is 3.40. The fourth-order valence-electron chi connectivity index (χ4n) is 3.13. The summed E-state index contributed by atoms with van der Waals surface area (Å²) in [4.78, 5) is 0. The fourth-order valence-corrected chi connectivity index (χ4v) is 4.16. The molecule has 1 heterocycles. The lowest BCUT2D eigenvalue weighted by molar-refractivity contribution is 0.150. The van der Waals surface area contributed by atoms with E-state index in [4.69, 9.17) is 9.16 Å². The molecule has 0 aliphatic heterocycles. The Hall–Kier alpha value is -1.63. The van der Waals surface area contributed by atoms with Crippen molar-refractivity contribution in [1.82, 2.24) is 9.78 Å². The molecule has 0 fully saturated rings. The smallest absolute Gasteiger partial charge is 0.192 e. The van der Waals surface area contributed by atoms with Gasteiger partial charge in [0.25, 0.3) is 0 Å². The fraction of sp³-hybridized carbons (Fsp3) is 0.609. The summed E-state index contributed by atoms with van der Waals surface area (Å²) in [6, 6.07) is 8.08. The maximum Gasteiger partial charge on any atom is 0.192 e. The highest BCUT2D eigenvalue weighted by Crippen LogP contribution is 2.36. The number of aliphatic hydroxyl groups excluding tert-OH is 1. The Balaban J connectivity index is 1.86. The van der Waals surface area contributed by atoms with Crippen molar-refractivity contribution in [3.63, 3.8) is 0 Å². The Morgan fingerprint density at radius 3 is 2.55 bits per heavy atom. The molecule has 1 N–H and O–H groups in total. The summed E-state index contributed by atoms with van der Waals surface area (Å²) in [7, 11) is -0.0805. The van der Waals surface area contributed by atoms with E-state index in [1.165, 1.54) is 11.1 Å². The molecule has 0 radical (unpaired) electrons. The van der Waals surface area contributed by atoms with Crippen LogP contribution in [0, 0.1) is 6.92 Å². The Bertz CT molecular complexity index is 781. The minimum absolute atomic E-state index is 0.193. The molecule has 6 heteroatoms. The Kier molecular flexibility index (Phi) is 8.08. The lowest BCUT2D eigenvalue weighted by Gasteiger charge is -2.36. The van der Waals surface area contributed by atoms with Crippen LogP contribution >= 0.6 is 0 Å². The first-order chi connectivity index (χ1) is 13.5. The third-order valence-electron chi connectivity index (χ3n) is 6.14. The van der Waals surface area contributed by atoms with E-state index in [2.05, 4.69) is 58.0 Å². The largest absolute Gasteiger partial charge is 0.497 e. The van der Waals surface area contributed by atoms with Crippen molar-refractivity contribution in [2.75, 3.05) is 13.7 Å². The minimum atomic E-state index is -1.77. The lowest BCUT2D eigenvalue weighted by atomic mass is 10.0. The van der Waals surface area contributed by atoms with Gasteiger partial charge >= 0.3 is 0 Å². The van der Waals surface area contributed by atoms with E-state index in [0.717, 1.165) is 24.3 Å². The van der Waals surface area contributed by atoms with Crippen LogP contribution in [-0.2, 0) is 17.4 Å². The Morgan fingerprint density at radius 2 is 1.93 bits per heavy atom. The molecule has 162 valence electrons. The van der Waals surface area contributed by atoms with Crippen LogP contribution in [0.1, 0.15) is 56.5 Å². The molecule has 0 aliphatic rings. The van der Waals surface area contributed by atoms with E-state index in [1.807, 2.05) is 16.8 Å². The summed E-state index contributed by atoms with van der Waals surface area (Å²) in [6.45, 7) is 14.6. The predicted octanol–water partition coefficient (Wildman–Crippen LogP) is 5.28. The van der Waals surface area contributed by atoms with Gasteiger partial charge < -0.3 is 14.3 Å². The number of benzene rings is 1. The van der Waals surface area contributed by atoms with Gasteiger partial charge in [-0.15, -0.1) is 0 Å². The molecular weight excluding hydrogens is 380 g/mol. The molecule has 0 amide bonds. The quantitative estimate of drug-likeness (QED) is 0.534. The van der Waals surface area contributed by atoms with Crippen molar-refractivity contribution in [3.05, 3.63) is 47.3 Å². The standard InChI is InChI=1S/C23H38N2O3Si/c1-18-17-20(27-5)12-11-19(18)9-8-10-22(26)21-13-14-24-25(21)15-16-28-29(6,7)23(2,3)4/h11-14,17,22,26H,8-10,15-16H2,1-7H3. The Labute approximate surface area is 177 Å². The van der Waals surface area contributed by atoms with Crippen LogP contribution in [0.25, 0.3) is 0 Å². The average molecular weight is 419 g/mol. The molecule has 0 spiro atoms. The molecule has 1 aromatic heterocycles. The van der Waals surface area contributed by atoms with Crippen molar-refractivity contribution < 1.29 is 14.3 Å². The first-order valence-electron chi connectivity index (χ1n) is 10.5. The predicted molar refractivity (Wildman–Crippen MR) is 121 cm³/mol. The van der Waals surface area contributed by atoms with Gasteiger partial charge in [0.15, 0.2) is 8.32 Å². The number of hydrogen-bond donors (Lipinski definition) is 1. The molecule has 0 saturated carbocycles. The van der Waals surface area contributed by atoms with Gasteiger partial charge in [-0.2, -0.15) is 5.10 Å². The maximum atomic E-state index is 10.7. The van der Waals surface area contributed by atoms with Crippen molar-refractivity contribution in [2.24, 2.45) is 0 Å². The number of aromatic nitrogens is 2. The van der Waals surface area contributed by atoms with Gasteiger partial charge in [-0.25, -0.2) is 0 Å². The molecule has 2 aromatic rings. The summed E-state index contributed by atoms with van der Waals surface area (Å²) >= 11 is 0. The summed E-state index contributed by atoms with van der Waals surface area (Å²) < 4.78 is 13.4. The third-order valence-corrected chi connectivity index (χ3v) is 10.7. The average Bonchev–Trinajstić information content (AvgIpc) is 3.10. The molecule has 1 atom stereocenters. The van der Waals surface area contributed by atoms with E-state index < -0.39 is 14.4 Å². The number of aliphatic hydroxyl groups is 1. The van der Waals surface area contributed by atoms with E-state index in [-0.39, 0.29) is 5.04 Å². The van der Waals surface area contributed by atoms with E-state index in [1.54, 1.807) is 13.3 Å². The monoisotopic (exact) mass is 418 g/mol. The lowest BCUT2D eigenvalue weighted by Crippen LogP contribution is -2.41. The van der Waals surface area contributed by atoms with Crippen LogP contribution in [0.15, 0.2) is 30.5 Å². The van der Waals surface area contributed by atoms with E-state index in [9.17, 15) is 5.11 Å².